The van der Waals surface area contributed by atoms with Gasteiger partial charge in [-0.3, -0.25) is 0 Å². The number of anilines is 1. The number of hydrogen-bond acceptors (Lipinski definition) is 2. The van der Waals surface area contributed by atoms with Crippen molar-refractivity contribution in [2.75, 3.05) is 18.0 Å². The van der Waals surface area contributed by atoms with Crippen LogP contribution in [-0.4, -0.2) is 19.1 Å². The Bertz CT molecular complexity index is 315. The Hall–Kier alpha value is -1.09. The normalized spacial score (nSPS) is 12.5. The van der Waals surface area contributed by atoms with Gasteiger partial charge < -0.3 is 10.6 Å². The molecule has 0 bridgehead atoms. The molecular weight excluding hydrogens is 203 g/mol. The lowest BCUT2D eigenvalue weighted by Gasteiger charge is -2.26. The van der Waals surface area contributed by atoms with E-state index in [1.165, 1.54) is 6.07 Å². The lowest BCUT2D eigenvalue weighted by molar-refractivity contribution is 0.570. The van der Waals surface area contributed by atoms with E-state index in [0.29, 0.717) is 12.2 Å². The van der Waals surface area contributed by atoms with Gasteiger partial charge in [0, 0.05) is 19.1 Å². The molecule has 0 heterocycles. The summed E-state index contributed by atoms with van der Waals surface area (Å²) in [5.74, 6) is -0.173. The third-order valence-electron chi connectivity index (χ3n) is 2.69. The number of rotatable bonds is 6. The van der Waals surface area contributed by atoms with Crippen molar-refractivity contribution in [3.8, 4) is 0 Å². The molecule has 0 saturated carbocycles. The SMILES string of the molecule is CCCC(N)CN(CC)c1ccccc1F. The van der Waals surface area contributed by atoms with E-state index in [-0.39, 0.29) is 11.9 Å². The lowest BCUT2D eigenvalue weighted by Crippen LogP contribution is -2.37. The third kappa shape index (κ3) is 3.49. The minimum absolute atomic E-state index is 0.115. The molecule has 1 rings (SSSR count). The second-order valence-corrected chi connectivity index (χ2v) is 4.04. The third-order valence-corrected chi connectivity index (χ3v) is 2.69. The summed E-state index contributed by atoms with van der Waals surface area (Å²) in [6.45, 7) is 5.62. The molecule has 16 heavy (non-hydrogen) atoms. The number of likely N-dealkylation sites (N-methyl/N-ethyl adjacent to an activating group) is 1. The molecule has 1 unspecified atom stereocenters. The maximum atomic E-state index is 13.6. The minimum Gasteiger partial charge on any atom is -0.368 e. The average Bonchev–Trinajstić information content (AvgIpc) is 2.27. The molecule has 0 radical (unpaired) electrons. The van der Waals surface area contributed by atoms with E-state index >= 15 is 0 Å². The molecule has 1 aromatic carbocycles. The Morgan fingerprint density at radius 2 is 2.00 bits per heavy atom. The Morgan fingerprint density at radius 3 is 2.56 bits per heavy atom. The van der Waals surface area contributed by atoms with Crippen molar-refractivity contribution in [1.82, 2.24) is 0 Å². The van der Waals surface area contributed by atoms with Crippen LogP contribution in [0.2, 0.25) is 0 Å². The fourth-order valence-electron chi connectivity index (χ4n) is 1.85. The number of hydrogen-bond donors (Lipinski definition) is 1. The summed E-state index contributed by atoms with van der Waals surface area (Å²) in [4.78, 5) is 2.00. The van der Waals surface area contributed by atoms with Crippen LogP contribution in [0.5, 0.6) is 0 Å². The highest BCUT2D eigenvalue weighted by molar-refractivity contribution is 5.47. The highest BCUT2D eigenvalue weighted by Gasteiger charge is 2.12. The Morgan fingerprint density at radius 1 is 1.31 bits per heavy atom. The molecule has 0 spiro atoms. The molecule has 1 atom stereocenters. The first kappa shape index (κ1) is 13.0. The maximum Gasteiger partial charge on any atom is 0.146 e. The first-order valence-corrected chi connectivity index (χ1v) is 5.94. The van der Waals surface area contributed by atoms with Crippen molar-refractivity contribution < 1.29 is 4.39 Å². The summed E-state index contributed by atoms with van der Waals surface area (Å²) in [5.41, 5.74) is 6.63. The van der Waals surface area contributed by atoms with Crippen LogP contribution in [0, 0.1) is 5.82 Å². The summed E-state index contributed by atoms with van der Waals surface area (Å²) in [5, 5.41) is 0. The fourth-order valence-corrected chi connectivity index (χ4v) is 1.85. The number of para-hydroxylation sites is 1. The minimum atomic E-state index is -0.173. The average molecular weight is 224 g/mol. The second kappa shape index (κ2) is 6.48. The van der Waals surface area contributed by atoms with Gasteiger partial charge in [-0.2, -0.15) is 0 Å². The lowest BCUT2D eigenvalue weighted by atomic mass is 10.1. The van der Waals surface area contributed by atoms with Gasteiger partial charge in [0.1, 0.15) is 5.82 Å². The molecule has 3 heteroatoms. The van der Waals surface area contributed by atoms with E-state index in [2.05, 4.69) is 6.92 Å². The van der Waals surface area contributed by atoms with Crippen LogP contribution >= 0.6 is 0 Å². The zero-order chi connectivity index (χ0) is 12.0. The quantitative estimate of drug-likeness (QED) is 0.805. The molecule has 2 N–H and O–H groups in total. The Balaban J connectivity index is 2.71. The second-order valence-electron chi connectivity index (χ2n) is 4.04. The van der Waals surface area contributed by atoms with Crippen LogP contribution in [0.3, 0.4) is 0 Å². The van der Waals surface area contributed by atoms with Gasteiger partial charge >= 0.3 is 0 Å². The molecule has 0 saturated heterocycles. The van der Waals surface area contributed by atoms with E-state index < -0.39 is 0 Å². The molecule has 0 aliphatic heterocycles. The van der Waals surface area contributed by atoms with Gasteiger partial charge in [-0.05, 0) is 25.5 Å². The highest BCUT2D eigenvalue weighted by atomic mass is 19.1. The smallest absolute Gasteiger partial charge is 0.146 e. The summed E-state index contributed by atoms with van der Waals surface area (Å²) < 4.78 is 13.6. The summed E-state index contributed by atoms with van der Waals surface area (Å²) in [6, 6.07) is 6.97. The largest absolute Gasteiger partial charge is 0.368 e. The van der Waals surface area contributed by atoms with Crippen LogP contribution in [0.15, 0.2) is 24.3 Å². The van der Waals surface area contributed by atoms with E-state index in [0.717, 1.165) is 19.4 Å². The van der Waals surface area contributed by atoms with Gasteiger partial charge in [0.2, 0.25) is 0 Å². The number of nitrogens with two attached hydrogens (primary N) is 1. The van der Waals surface area contributed by atoms with Gasteiger partial charge in [-0.15, -0.1) is 0 Å². The van der Waals surface area contributed by atoms with Crippen LogP contribution < -0.4 is 10.6 Å². The molecule has 1 aromatic rings. The molecule has 0 aromatic heterocycles. The van der Waals surface area contributed by atoms with E-state index in [1.54, 1.807) is 12.1 Å². The Labute approximate surface area is 97.3 Å². The summed E-state index contributed by atoms with van der Waals surface area (Å²) >= 11 is 0. The number of halogens is 1. The Kier molecular flexibility index (Phi) is 5.26. The monoisotopic (exact) mass is 224 g/mol. The summed E-state index contributed by atoms with van der Waals surface area (Å²) in [6.07, 6.45) is 2.04. The first-order chi connectivity index (χ1) is 7.69. The zero-order valence-electron chi connectivity index (χ0n) is 10.1. The van der Waals surface area contributed by atoms with Crippen molar-refractivity contribution in [3.05, 3.63) is 30.1 Å². The van der Waals surface area contributed by atoms with Gasteiger partial charge in [-0.1, -0.05) is 25.5 Å². The topological polar surface area (TPSA) is 29.3 Å². The molecular formula is C13H21FN2. The van der Waals surface area contributed by atoms with E-state index in [1.807, 2.05) is 17.9 Å². The van der Waals surface area contributed by atoms with Crippen molar-refractivity contribution >= 4 is 5.69 Å². The van der Waals surface area contributed by atoms with Crippen LogP contribution in [0.4, 0.5) is 10.1 Å². The van der Waals surface area contributed by atoms with Gasteiger partial charge in [0.05, 0.1) is 5.69 Å². The van der Waals surface area contributed by atoms with Gasteiger partial charge in [0.15, 0.2) is 0 Å². The molecule has 0 aliphatic carbocycles. The summed E-state index contributed by atoms with van der Waals surface area (Å²) in [7, 11) is 0. The molecule has 0 fully saturated rings. The molecule has 0 aliphatic rings. The molecule has 0 amide bonds. The van der Waals surface area contributed by atoms with Gasteiger partial charge in [-0.25, -0.2) is 4.39 Å². The van der Waals surface area contributed by atoms with E-state index in [9.17, 15) is 4.39 Å². The highest BCUT2D eigenvalue weighted by Crippen LogP contribution is 2.18. The van der Waals surface area contributed by atoms with Crippen molar-refractivity contribution in [2.45, 2.75) is 32.7 Å². The van der Waals surface area contributed by atoms with Crippen LogP contribution in [-0.2, 0) is 0 Å². The molecule has 90 valence electrons. The fraction of sp³-hybridized carbons (Fsp3) is 0.538. The standard InChI is InChI=1S/C13H21FN2/c1-3-7-11(15)10-16(4-2)13-9-6-5-8-12(13)14/h5-6,8-9,11H,3-4,7,10,15H2,1-2H3. The van der Waals surface area contributed by atoms with Crippen LogP contribution in [0.1, 0.15) is 26.7 Å². The first-order valence-electron chi connectivity index (χ1n) is 5.94. The van der Waals surface area contributed by atoms with Crippen molar-refractivity contribution in [3.63, 3.8) is 0 Å². The van der Waals surface area contributed by atoms with E-state index in [4.69, 9.17) is 5.73 Å². The number of nitrogens with zero attached hydrogens (tertiary/aromatic N) is 1. The number of benzene rings is 1. The van der Waals surface area contributed by atoms with Gasteiger partial charge in [0.25, 0.3) is 0 Å². The van der Waals surface area contributed by atoms with Crippen molar-refractivity contribution in [2.24, 2.45) is 5.73 Å². The van der Waals surface area contributed by atoms with Crippen LogP contribution in [0.25, 0.3) is 0 Å². The zero-order valence-corrected chi connectivity index (χ0v) is 10.1. The predicted octanol–water partition coefficient (Wildman–Crippen LogP) is 2.78. The maximum absolute atomic E-state index is 13.6. The molecule has 2 nitrogen and oxygen atoms in total. The van der Waals surface area contributed by atoms with Crippen molar-refractivity contribution in [1.29, 1.82) is 0 Å². The predicted molar refractivity (Wildman–Crippen MR) is 67.2 cm³/mol.